The van der Waals surface area contributed by atoms with E-state index in [1.54, 1.807) is 10.9 Å². The van der Waals surface area contributed by atoms with Gasteiger partial charge in [-0.3, -0.25) is 9.67 Å². The standard InChI is InChI=1S/C20H13F3N4/c21-12-9-14(23)13(22)8-11(12)20-19(18-6-3-7-27(18)26-20)17-10-24-15-4-1-2-5-16(15)25-17/h1-2,4-5,8-10H,3,6-7H2. The highest BCUT2D eigenvalue weighted by atomic mass is 19.2. The quantitative estimate of drug-likeness (QED) is 0.490. The first kappa shape index (κ1) is 16.0. The van der Waals surface area contributed by atoms with Gasteiger partial charge in [-0.05, 0) is 31.0 Å². The molecule has 7 heteroatoms. The number of rotatable bonds is 2. The molecule has 0 unspecified atom stereocenters. The van der Waals surface area contributed by atoms with E-state index in [2.05, 4.69) is 15.1 Å². The molecule has 0 radical (unpaired) electrons. The van der Waals surface area contributed by atoms with Crippen LogP contribution in [0.2, 0.25) is 0 Å². The molecule has 27 heavy (non-hydrogen) atoms. The van der Waals surface area contributed by atoms with Crippen LogP contribution in [0.5, 0.6) is 0 Å². The molecule has 0 amide bonds. The van der Waals surface area contributed by atoms with Crippen molar-refractivity contribution < 1.29 is 13.2 Å². The van der Waals surface area contributed by atoms with Crippen molar-refractivity contribution in [3.63, 3.8) is 0 Å². The van der Waals surface area contributed by atoms with Crippen LogP contribution in [-0.4, -0.2) is 19.7 Å². The zero-order chi connectivity index (χ0) is 18.5. The van der Waals surface area contributed by atoms with Gasteiger partial charge in [-0.15, -0.1) is 0 Å². The van der Waals surface area contributed by atoms with Crippen molar-refractivity contribution in [1.82, 2.24) is 19.7 Å². The van der Waals surface area contributed by atoms with E-state index in [9.17, 15) is 13.2 Å². The van der Waals surface area contributed by atoms with Gasteiger partial charge in [0, 0.05) is 23.9 Å². The molecule has 1 aliphatic heterocycles. The first-order valence-corrected chi connectivity index (χ1v) is 8.58. The summed E-state index contributed by atoms with van der Waals surface area (Å²) in [7, 11) is 0. The van der Waals surface area contributed by atoms with E-state index in [0.717, 1.165) is 30.1 Å². The molecular formula is C20H13F3N4. The van der Waals surface area contributed by atoms with Gasteiger partial charge in [0.25, 0.3) is 0 Å². The number of aromatic nitrogens is 4. The van der Waals surface area contributed by atoms with Crippen LogP contribution < -0.4 is 0 Å². The Morgan fingerprint density at radius 1 is 0.926 bits per heavy atom. The van der Waals surface area contributed by atoms with E-state index in [1.165, 1.54) is 0 Å². The van der Waals surface area contributed by atoms with Gasteiger partial charge in [0.05, 0.1) is 28.5 Å². The lowest BCUT2D eigenvalue weighted by molar-refractivity contribution is 0.496. The lowest BCUT2D eigenvalue weighted by atomic mass is 10.0. The molecule has 0 saturated heterocycles. The summed E-state index contributed by atoms with van der Waals surface area (Å²) in [5, 5.41) is 4.47. The Morgan fingerprint density at radius 2 is 1.70 bits per heavy atom. The second-order valence-electron chi connectivity index (χ2n) is 6.49. The van der Waals surface area contributed by atoms with E-state index in [4.69, 9.17) is 0 Å². The Bertz CT molecular complexity index is 1200. The number of aryl methyl sites for hydroxylation is 1. The molecule has 2 aromatic carbocycles. The molecule has 0 spiro atoms. The Labute approximate surface area is 152 Å². The van der Waals surface area contributed by atoms with Gasteiger partial charge >= 0.3 is 0 Å². The number of halogens is 3. The van der Waals surface area contributed by atoms with Gasteiger partial charge in [0.15, 0.2) is 11.6 Å². The molecule has 4 nitrogen and oxygen atoms in total. The maximum Gasteiger partial charge on any atom is 0.161 e. The third kappa shape index (κ3) is 2.50. The van der Waals surface area contributed by atoms with Crippen LogP contribution in [-0.2, 0) is 13.0 Å². The average molecular weight is 366 g/mol. The molecule has 2 aromatic heterocycles. The monoisotopic (exact) mass is 366 g/mol. The minimum absolute atomic E-state index is 0.0826. The Hall–Kier alpha value is -3.22. The topological polar surface area (TPSA) is 43.6 Å². The number of nitrogens with zero attached hydrogens (tertiary/aromatic N) is 4. The normalized spacial score (nSPS) is 13.3. The Balaban J connectivity index is 1.78. The molecule has 0 saturated carbocycles. The molecule has 3 heterocycles. The SMILES string of the molecule is Fc1cc(F)c(-c2nn3c(c2-c2cnc4ccccc4n2)CCC3)cc1F. The fourth-order valence-electron chi connectivity index (χ4n) is 3.57. The molecule has 0 fully saturated rings. The van der Waals surface area contributed by atoms with Crippen molar-refractivity contribution in [1.29, 1.82) is 0 Å². The number of hydrogen-bond donors (Lipinski definition) is 0. The summed E-state index contributed by atoms with van der Waals surface area (Å²) in [4.78, 5) is 9.07. The van der Waals surface area contributed by atoms with Crippen molar-refractivity contribution in [3.8, 4) is 22.5 Å². The summed E-state index contributed by atoms with van der Waals surface area (Å²) in [5.74, 6) is -3.20. The minimum atomic E-state index is -1.23. The molecular weight excluding hydrogens is 353 g/mol. The third-order valence-electron chi connectivity index (χ3n) is 4.81. The fraction of sp³-hybridized carbons (Fsp3) is 0.150. The molecule has 1 aliphatic rings. The van der Waals surface area contributed by atoms with Crippen LogP contribution in [0.3, 0.4) is 0 Å². The fourth-order valence-corrected chi connectivity index (χ4v) is 3.57. The molecule has 0 aliphatic carbocycles. The van der Waals surface area contributed by atoms with Crippen LogP contribution >= 0.6 is 0 Å². The lowest BCUT2D eigenvalue weighted by Gasteiger charge is -2.07. The van der Waals surface area contributed by atoms with Gasteiger partial charge in [0.1, 0.15) is 11.5 Å². The summed E-state index contributed by atoms with van der Waals surface area (Å²) in [6.45, 7) is 0.689. The number of benzene rings is 2. The second-order valence-corrected chi connectivity index (χ2v) is 6.49. The number of fused-ring (bicyclic) bond motifs is 2. The second kappa shape index (κ2) is 5.90. The first-order valence-electron chi connectivity index (χ1n) is 8.58. The third-order valence-corrected chi connectivity index (χ3v) is 4.81. The molecule has 0 atom stereocenters. The van der Waals surface area contributed by atoms with Crippen molar-refractivity contribution in [2.45, 2.75) is 19.4 Å². The van der Waals surface area contributed by atoms with Crippen LogP contribution in [0.25, 0.3) is 33.5 Å². The minimum Gasteiger partial charge on any atom is -0.268 e. The van der Waals surface area contributed by atoms with Crippen molar-refractivity contribution in [3.05, 3.63) is 65.7 Å². The highest BCUT2D eigenvalue weighted by Gasteiger charge is 2.27. The van der Waals surface area contributed by atoms with Crippen molar-refractivity contribution in [2.75, 3.05) is 0 Å². The van der Waals surface area contributed by atoms with Crippen molar-refractivity contribution in [2.24, 2.45) is 0 Å². The smallest absolute Gasteiger partial charge is 0.161 e. The van der Waals surface area contributed by atoms with Gasteiger partial charge < -0.3 is 0 Å². The highest BCUT2D eigenvalue weighted by molar-refractivity contribution is 5.84. The van der Waals surface area contributed by atoms with Gasteiger partial charge in [-0.25, -0.2) is 18.2 Å². The van der Waals surface area contributed by atoms with E-state index in [-0.39, 0.29) is 11.3 Å². The number of para-hydroxylation sites is 2. The Morgan fingerprint density at radius 3 is 2.56 bits per heavy atom. The number of hydrogen-bond acceptors (Lipinski definition) is 3. The largest absolute Gasteiger partial charge is 0.268 e. The molecule has 5 rings (SSSR count). The first-order chi connectivity index (χ1) is 13.1. The predicted molar refractivity (Wildman–Crippen MR) is 94.4 cm³/mol. The van der Waals surface area contributed by atoms with E-state index in [0.29, 0.717) is 29.4 Å². The van der Waals surface area contributed by atoms with Gasteiger partial charge in [-0.1, -0.05) is 12.1 Å². The Kier molecular flexibility index (Phi) is 3.50. The van der Waals surface area contributed by atoms with Crippen LogP contribution in [0, 0.1) is 17.5 Å². The molecule has 0 bridgehead atoms. The summed E-state index contributed by atoms with van der Waals surface area (Å²) in [5.41, 5.74) is 3.67. The lowest BCUT2D eigenvalue weighted by Crippen LogP contribution is -1.96. The van der Waals surface area contributed by atoms with Gasteiger partial charge in [-0.2, -0.15) is 5.10 Å². The zero-order valence-electron chi connectivity index (χ0n) is 14.1. The molecule has 4 aromatic rings. The molecule has 134 valence electrons. The summed E-state index contributed by atoms with van der Waals surface area (Å²) >= 11 is 0. The predicted octanol–water partition coefficient (Wildman–Crippen LogP) is 4.52. The van der Waals surface area contributed by atoms with Crippen LogP contribution in [0.1, 0.15) is 12.1 Å². The molecule has 0 N–H and O–H groups in total. The van der Waals surface area contributed by atoms with Crippen LogP contribution in [0.15, 0.2) is 42.6 Å². The average Bonchev–Trinajstić information content (AvgIpc) is 3.25. The van der Waals surface area contributed by atoms with E-state index in [1.807, 2.05) is 24.3 Å². The highest BCUT2D eigenvalue weighted by Crippen LogP contribution is 2.38. The van der Waals surface area contributed by atoms with Crippen molar-refractivity contribution >= 4 is 11.0 Å². The summed E-state index contributed by atoms with van der Waals surface area (Å²) in [6.07, 6.45) is 3.28. The van der Waals surface area contributed by atoms with E-state index < -0.39 is 17.5 Å². The van der Waals surface area contributed by atoms with E-state index >= 15 is 0 Å². The maximum absolute atomic E-state index is 14.4. The summed E-state index contributed by atoms with van der Waals surface area (Å²) in [6, 6.07) is 8.82. The van der Waals surface area contributed by atoms with Gasteiger partial charge in [0.2, 0.25) is 0 Å². The zero-order valence-corrected chi connectivity index (χ0v) is 14.1. The summed E-state index contributed by atoms with van der Waals surface area (Å²) < 4.78 is 43.4. The maximum atomic E-state index is 14.4. The van der Waals surface area contributed by atoms with Crippen LogP contribution in [0.4, 0.5) is 13.2 Å².